The van der Waals surface area contributed by atoms with Crippen LogP contribution in [0.3, 0.4) is 0 Å². The lowest BCUT2D eigenvalue weighted by molar-refractivity contribution is -0.671. The Morgan fingerprint density at radius 3 is 1.08 bits per heavy atom. The van der Waals surface area contributed by atoms with Crippen molar-refractivity contribution in [3.05, 3.63) is 269 Å². The number of rotatable bonds is 21. The van der Waals surface area contributed by atoms with Crippen molar-refractivity contribution < 1.29 is 85.8 Å². The molecule has 19 heteroatoms. The molecular formula is C66H59N2O17+. The smallest absolute Gasteiger partial charge is 0.338 e. The summed E-state index contributed by atoms with van der Waals surface area (Å²) in [7, 11) is 1.93. The molecule has 0 unspecified atom stereocenters. The van der Waals surface area contributed by atoms with E-state index in [1.807, 2.05) is 59.2 Å². The van der Waals surface area contributed by atoms with Crippen molar-refractivity contribution in [1.29, 1.82) is 0 Å². The second kappa shape index (κ2) is 28.1. The van der Waals surface area contributed by atoms with E-state index in [4.69, 9.17) is 47.4 Å². The molecule has 0 saturated carbocycles. The quantitative estimate of drug-likeness (QED) is 0.0413. The molecule has 1 aromatic heterocycles. The van der Waals surface area contributed by atoms with Gasteiger partial charge < -0.3 is 52.5 Å². The second-order valence-corrected chi connectivity index (χ2v) is 19.9. The third kappa shape index (κ3) is 15.0. The maximum atomic E-state index is 14.4. The van der Waals surface area contributed by atoms with Crippen molar-refractivity contribution in [3.63, 3.8) is 0 Å². The number of hydrogen-bond acceptors (Lipinski definition) is 17. The minimum absolute atomic E-state index is 0.0591. The highest BCUT2D eigenvalue weighted by Crippen LogP contribution is 2.35. The fraction of sp³-hybridized carbons (Fsp3) is 0.227. The number of ether oxygens (including phenoxy) is 10. The predicted molar refractivity (Wildman–Crippen MR) is 300 cm³/mol. The Bertz CT molecular complexity index is 3500. The third-order valence-corrected chi connectivity index (χ3v) is 13.9. The van der Waals surface area contributed by atoms with E-state index in [0.29, 0.717) is 12.1 Å². The molecule has 0 amide bonds. The minimum atomic E-state index is -1.83. The van der Waals surface area contributed by atoms with Gasteiger partial charge in [0.25, 0.3) is 0 Å². The predicted octanol–water partition coefficient (Wildman–Crippen LogP) is 7.69. The monoisotopic (exact) mass is 1150 g/mol. The normalized spacial score (nSPS) is 21.8. The van der Waals surface area contributed by atoms with Gasteiger partial charge in [-0.15, -0.1) is 0 Å². The molecule has 0 aliphatic carbocycles. The molecule has 2 saturated heterocycles. The largest absolute Gasteiger partial charge is 0.452 e. The van der Waals surface area contributed by atoms with Crippen LogP contribution in [0.5, 0.6) is 0 Å². The lowest BCUT2D eigenvalue weighted by atomic mass is 9.96. The first-order valence-corrected chi connectivity index (χ1v) is 27.3. The van der Waals surface area contributed by atoms with Gasteiger partial charge in [0.05, 0.1) is 60.2 Å². The number of nitrogens with zero attached hydrogens (tertiary/aromatic N) is 2. The summed E-state index contributed by atoms with van der Waals surface area (Å²) in [6.07, 6.45) is -11.1. The first-order chi connectivity index (χ1) is 41.5. The van der Waals surface area contributed by atoms with Gasteiger partial charge in [0.2, 0.25) is 6.33 Å². The summed E-state index contributed by atoms with van der Waals surface area (Å²) in [6, 6.07) is 55.0. The lowest BCUT2D eigenvalue weighted by Crippen LogP contribution is -2.65. The highest BCUT2D eigenvalue weighted by Gasteiger charge is 2.56. The zero-order valence-corrected chi connectivity index (χ0v) is 45.8. The topological polar surface area (TPSA) is 224 Å². The third-order valence-electron chi connectivity index (χ3n) is 13.9. The SMILES string of the molecule is C[n+]1ccn(Cc2ccc(CO[C@@H]3O[C@H](CO[C@H]4O[C@H](CO)[C@@H](OC(=O)c5ccccc5)[C@H](OC(=O)c5ccccc5)[C@H]4OC(=O)c4ccccc4)[C@@H](OC(=O)c4ccccc4)[C@H](OC(=O)c4ccccc4)[C@H]3OC(=O)c3ccccc3)cc2)c1. The minimum Gasteiger partial charge on any atom is -0.452 e. The number of benzene rings is 7. The molecule has 0 bridgehead atoms. The number of aliphatic hydroxyl groups is 1. The molecule has 2 aliphatic rings. The van der Waals surface area contributed by atoms with E-state index >= 15 is 0 Å². The summed E-state index contributed by atoms with van der Waals surface area (Å²) in [6.45, 7) is -1.16. The van der Waals surface area contributed by atoms with E-state index in [-0.39, 0.29) is 40.0 Å². The molecule has 8 aromatic rings. The molecule has 7 aromatic carbocycles. The van der Waals surface area contributed by atoms with Crippen LogP contribution in [0.1, 0.15) is 73.3 Å². The molecule has 2 fully saturated rings. The number of aromatic nitrogens is 2. The highest BCUT2D eigenvalue weighted by atomic mass is 16.8. The molecule has 1 N–H and O–H groups in total. The molecule has 3 heterocycles. The number of aryl methyl sites for hydroxylation is 1. The Balaban J connectivity index is 1.04. The standard InChI is InChI=1S/C66H59N2O17/c1-67-36-37-68(42-67)38-43-32-34-44(35-33-43)40-76-65-58(85-64(75)50-30-18-7-19-31-50)56(83-62(73)48-26-14-5-15-27-48)54(81-60(71)46-22-10-3-11-23-46)52(79-65)41-77-66-57(84-63(74)49-28-16-6-17-29-49)55(82-61(72)47-24-12-4-13-25-47)53(51(39-69)78-66)80-59(70)45-20-8-2-9-21-45/h2-37,42,51-58,65-66,69H,38-41H2,1H3/q+1/t51-,52-,53-,54-,55+,56+,57-,58-,65-,66+/m1/s1. The van der Waals surface area contributed by atoms with Crippen LogP contribution in [0.25, 0.3) is 0 Å². The first kappa shape index (κ1) is 58.6. The van der Waals surface area contributed by atoms with Gasteiger partial charge in [-0.1, -0.05) is 133 Å². The molecular weight excluding hydrogens is 1090 g/mol. The van der Waals surface area contributed by atoms with E-state index in [1.54, 1.807) is 109 Å². The number of carbonyl (C=O) groups excluding carboxylic acids is 6. The number of imidazole rings is 1. The van der Waals surface area contributed by atoms with E-state index in [2.05, 4.69) is 0 Å². The van der Waals surface area contributed by atoms with Gasteiger partial charge in [-0.05, 0) is 83.9 Å². The Labute approximate surface area is 488 Å². The van der Waals surface area contributed by atoms with E-state index in [0.717, 1.165) is 5.56 Å². The van der Waals surface area contributed by atoms with Crippen molar-refractivity contribution >= 4 is 35.8 Å². The van der Waals surface area contributed by atoms with Crippen molar-refractivity contribution in [3.8, 4) is 0 Å². The van der Waals surface area contributed by atoms with Crippen LogP contribution < -0.4 is 4.57 Å². The Kier molecular flexibility index (Phi) is 19.4. The first-order valence-electron chi connectivity index (χ1n) is 27.3. The van der Waals surface area contributed by atoms with Gasteiger partial charge in [-0.3, -0.25) is 0 Å². The van der Waals surface area contributed by atoms with Crippen molar-refractivity contribution in [2.24, 2.45) is 7.05 Å². The van der Waals surface area contributed by atoms with Crippen molar-refractivity contribution in [1.82, 2.24) is 4.57 Å². The Morgan fingerprint density at radius 1 is 0.412 bits per heavy atom. The van der Waals surface area contributed by atoms with Crippen LogP contribution in [0.2, 0.25) is 0 Å². The molecule has 0 radical (unpaired) electrons. The van der Waals surface area contributed by atoms with Gasteiger partial charge in [-0.25, -0.2) is 37.9 Å². The van der Waals surface area contributed by atoms with E-state index in [9.17, 15) is 33.9 Å². The van der Waals surface area contributed by atoms with Gasteiger partial charge in [0.1, 0.15) is 31.1 Å². The summed E-state index contributed by atoms with van der Waals surface area (Å²) in [4.78, 5) is 85.6. The molecule has 10 atom stereocenters. The molecule has 0 spiro atoms. The van der Waals surface area contributed by atoms with Gasteiger partial charge in [-0.2, -0.15) is 0 Å². The average Bonchev–Trinajstić information content (AvgIpc) is 2.79. The zero-order valence-electron chi connectivity index (χ0n) is 45.8. The van der Waals surface area contributed by atoms with Gasteiger partial charge in [0.15, 0.2) is 49.2 Å². The van der Waals surface area contributed by atoms with Crippen molar-refractivity contribution in [2.45, 2.75) is 74.6 Å². The summed E-state index contributed by atoms with van der Waals surface area (Å²) in [5.74, 6) is -5.47. The van der Waals surface area contributed by atoms with Gasteiger partial charge >= 0.3 is 35.8 Å². The van der Waals surface area contributed by atoms with Crippen LogP contribution in [0.4, 0.5) is 0 Å². The Hall–Kier alpha value is -9.63. The second-order valence-electron chi connectivity index (χ2n) is 19.9. The van der Waals surface area contributed by atoms with Crippen LogP contribution in [0.15, 0.2) is 225 Å². The average molecular weight is 1150 g/mol. The summed E-state index contributed by atoms with van der Waals surface area (Å²) >= 11 is 0. The number of hydrogen-bond donors (Lipinski definition) is 1. The fourth-order valence-corrected chi connectivity index (χ4v) is 9.62. The van der Waals surface area contributed by atoms with Crippen LogP contribution in [-0.2, 0) is 67.6 Å². The van der Waals surface area contributed by atoms with E-state index in [1.165, 1.54) is 72.8 Å². The van der Waals surface area contributed by atoms with Crippen LogP contribution in [-0.4, -0.2) is 120 Å². The number of carbonyl (C=O) groups is 6. The summed E-state index contributed by atoms with van der Waals surface area (Å²) in [5, 5.41) is 11.1. The lowest BCUT2D eigenvalue weighted by Gasteiger charge is -2.46. The maximum absolute atomic E-state index is 14.4. The fourth-order valence-electron chi connectivity index (χ4n) is 9.62. The summed E-state index contributed by atoms with van der Waals surface area (Å²) in [5.41, 5.74) is 2.15. The number of esters is 6. The maximum Gasteiger partial charge on any atom is 0.338 e. The van der Waals surface area contributed by atoms with Crippen LogP contribution >= 0.6 is 0 Å². The van der Waals surface area contributed by atoms with E-state index < -0.39 is 110 Å². The Morgan fingerprint density at radius 2 is 0.729 bits per heavy atom. The molecule has 434 valence electrons. The highest BCUT2D eigenvalue weighted by molar-refractivity contribution is 5.93. The molecule has 85 heavy (non-hydrogen) atoms. The molecule has 10 rings (SSSR count). The summed E-state index contributed by atoms with van der Waals surface area (Å²) < 4.78 is 67.6. The zero-order chi connectivity index (χ0) is 59.1. The molecule has 2 aliphatic heterocycles. The molecule has 19 nitrogen and oxygen atoms in total. The van der Waals surface area contributed by atoms with Crippen molar-refractivity contribution in [2.75, 3.05) is 13.2 Å². The van der Waals surface area contributed by atoms with Crippen LogP contribution in [0, 0.1) is 0 Å². The number of aliphatic hydroxyl groups excluding tert-OH is 1. The van der Waals surface area contributed by atoms with Gasteiger partial charge in [0, 0.05) is 0 Å².